The second kappa shape index (κ2) is 5.73. The van der Waals surface area contributed by atoms with Crippen LogP contribution in [0.2, 0.25) is 5.02 Å². The number of carbonyl (C=O) groups excluding carboxylic acids is 2. The maximum absolute atomic E-state index is 12.0. The molecule has 6 heteroatoms. The molecule has 5 N–H and O–H groups in total. The number of hydrogen-bond donors (Lipinski definition) is 3. The molecule has 0 spiro atoms. The summed E-state index contributed by atoms with van der Waals surface area (Å²) in [6.07, 6.45) is 0. The number of carbonyl (C=O) groups is 2. The summed E-state index contributed by atoms with van der Waals surface area (Å²) in [5.74, 6) is -1.15. The fourth-order valence-corrected chi connectivity index (χ4v) is 1.69. The molecular weight excluding hydrogens is 254 g/mol. The number of nitrogens with two attached hydrogens (primary N) is 2. The molecule has 0 saturated heterocycles. The summed E-state index contributed by atoms with van der Waals surface area (Å²) in [5, 5.41) is 2.84. The second-order valence-electron chi connectivity index (χ2n) is 4.30. The number of amides is 2. The fourth-order valence-electron chi connectivity index (χ4n) is 1.52. The lowest BCUT2D eigenvalue weighted by atomic mass is 10.0. The van der Waals surface area contributed by atoms with E-state index in [1.54, 1.807) is 26.0 Å². The van der Waals surface area contributed by atoms with Gasteiger partial charge in [-0.2, -0.15) is 0 Å². The highest BCUT2D eigenvalue weighted by Crippen LogP contribution is 2.22. The lowest BCUT2D eigenvalue weighted by Crippen LogP contribution is -2.47. The van der Waals surface area contributed by atoms with Gasteiger partial charge in [-0.25, -0.2) is 0 Å². The predicted molar refractivity (Wildman–Crippen MR) is 71.2 cm³/mol. The normalized spacial score (nSPS) is 12.2. The number of anilines is 1. The molecule has 1 unspecified atom stereocenters. The number of halogens is 1. The Balaban J connectivity index is 2.94. The van der Waals surface area contributed by atoms with Crippen LogP contribution in [-0.2, 0) is 4.79 Å². The molecule has 0 fully saturated rings. The van der Waals surface area contributed by atoms with Gasteiger partial charge in [0.05, 0.1) is 16.3 Å². The van der Waals surface area contributed by atoms with E-state index in [0.717, 1.165) is 0 Å². The largest absolute Gasteiger partial charge is 0.397 e. The minimum Gasteiger partial charge on any atom is -0.397 e. The Morgan fingerprint density at radius 1 is 1.33 bits per heavy atom. The summed E-state index contributed by atoms with van der Waals surface area (Å²) in [6, 6.07) is 4.00. The molecule has 0 aliphatic heterocycles. The van der Waals surface area contributed by atoms with Gasteiger partial charge in [-0.05, 0) is 18.1 Å². The molecule has 0 bridgehead atoms. The molecule has 1 atom stereocenters. The van der Waals surface area contributed by atoms with Crippen molar-refractivity contribution in [2.45, 2.75) is 19.9 Å². The second-order valence-corrected chi connectivity index (χ2v) is 4.71. The Kier molecular flexibility index (Phi) is 4.55. The van der Waals surface area contributed by atoms with Gasteiger partial charge in [-0.1, -0.05) is 31.5 Å². The van der Waals surface area contributed by atoms with Crippen LogP contribution >= 0.6 is 11.6 Å². The van der Waals surface area contributed by atoms with E-state index in [1.807, 2.05) is 0 Å². The first-order valence-corrected chi connectivity index (χ1v) is 5.86. The molecule has 5 nitrogen and oxygen atoms in total. The van der Waals surface area contributed by atoms with Gasteiger partial charge < -0.3 is 16.8 Å². The number of primary amides is 1. The van der Waals surface area contributed by atoms with Crippen molar-refractivity contribution in [3.63, 3.8) is 0 Å². The van der Waals surface area contributed by atoms with Crippen LogP contribution in [0.3, 0.4) is 0 Å². The lowest BCUT2D eigenvalue weighted by Gasteiger charge is -2.19. The Morgan fingerprint density at radius 2 is 1.94 bits per heavy atom. The average molecular weight is 270 g/mol. The van der Waals surface area contributed by atoms with E-state index >= 15 is 0 Å². The molecule has 98 valence electrons. The molecule has 1 aromatic carbocycles. The number of para-hydroxylation sites is 1. The molecule has 18 heavy (non-hydrogen) atoms. The Hall–Kier alpha value is -1.75. The Labute approximate surface area is 110 Å². The van der Waals surface area contributed by atoms with E-state index in [9.17, 15) is 9.59 Å². The van der Waals surface area contributed by atoms with Crippen molar-refractivity contribution in [1.29, 1.82) is 0 Å². The first-order valence-electron chi connectivity index (χ1n) is 5.48. The molecule has 0 saturated carbocycles. The van der Waals surface area contributed by atoms with E-state index in [2.05, 4.69) is 5.32 Å². The van der Waals surface area contributed by atoms with Crippen molar-refractivity contribution in [1.82, 2.24) is 5.32 Å². The van der Waals surface area contributed by atoms with Gasteiger partial charge in [-0.15, -0.1) is 0 Å². The maximum atomic E-state index is 12.0. The third-order valence-corrected chi connectivity index (χ3v) is 2.89. The highest BCUT2D eigenvalue weighted by atomic mass is 35.5. The molecule has 0 radical (unpaired) electrons. The van der Waals surface area contributed by atoms with E-state index in [4.69, 9.17) is 23.1 Å². The van der Waals surface area contributed by atoms with Crippen LogP contribution in [0, 0.1) is 5.92 Å². The number of nitrogens with one attached hydrogen (secondary N) is 1. The Bertz CT molecular complexity index is 474. The average Bonchev–Trinajstić information content (AvgIpc) is 2.28. The zero-order chi connectivity index (χ0) is 13.9. The molecule has 1 aromatic rings. The topological polar surface area (TPSA) is 98.2 Å². The zero-order valence-electron chi connectivity index (χ0n) is 10.2. The fraction of sp³-hybridized carbons (Fsp3) is 0.333. The van der Waals surface area contributed by atoms with Crippen LogP contribution in [-0.4, -0.2) is 17.9 Å². The summed E-state index contributed by atoms with van der Waals surface area (Å²) in [6.45, 7) is 3.58. The third-order valence-electron chi connectivity index (χ3n) is 2.56. The summed E-state index contributed by atoms with van der Waals surface area (Å²) in [5.41, 5.74) is 11.3. The molecule has 0 aromatic heterocycles. The van der Waals surface area contributed by atoms with Crippen LogP contribution in [0.5, 0.6) is 0 Å². The van der Waals surface area contributed by atoms with Crippen molar-refractivity contribution in [3.05, 3.63) is 28.8 Å². The number of nitrogen functional groups attached to an aromatic ring is 1. The highest BCUT2D eigenvalue weighted by Gasteiger charge is 2.23. The van der Waals surface area contributed by atoms with E-state index in [0.29, 0.717) is 5.02 Å². The van der Waals surface area contributed by atoms with Crippen LogP contribution in [0.15, 0.2) is 18.2 Å². The first kappa shape index (κ1) is 14.3. The molecule has 1 rings (SSSR count). The highest BCUT2D eigenvalue weighted by molar-refractivity contribution is 6.34. The van der Waals surface area contributed by atoms with Gasteiger partial charge >= 0.3 is 0 Å². The molecule has 0 aliphatic rings. The monoisotopic (exact) mass is 269 g/mol. The quantitative estimate of drug-likeness (QED) is 0.716. The Morgan fingerprint density at radius 3 is 2.44 bits per heavy atom. The molecular formula is C12H16ClN3O2. The van der Waals surface area contributed by atoms with Crippen LogP contribution in [0.25, 0.3) is 0 Å². The first-order chi connectivity index (χ1) is 8.34. The van der Waals surface area contributed by atoms with Gasteiger partial charge in [0, 0.05) is 0 Å². The molecule has 0 aliphatic carbocycles. The number of benzene rings is 1. The van der Waals surface area contributed by atoms with E-state index in [-0.39, 0.29) is 17.2 Å². The third kappa shape index (κ3) is 3.13. The van der Waals surface area contributed by atoms with Crippen molar-refractivity contribution in [3.8, 4) is 0 Å². The minimum atomic E-state index is -0.740. The molecule has 0 heterocycles. The SMILES string of the molecule is CC(C)C(NC(=O)c1cccc(Cl)c1N)C(N)=O. The lowest BCUT2D eigenvalue weighted by molar-refractivity contribution is -0.120. The van der Waals surface area contributed by atoms with Gasteiger partial charge in [0.15, 0.2) is 0 Å². The zero-order valence-corrected chi connectivity index (χ0v) is 11.0. The molecule has 2 amide bonds. The number of rotatable bonds is 4. The van der Waals surface area contributed by atoms with Gasteiger partial charge in [0.2, 0.25) is 5.91 Å². The van der Waals surface area contributed by atoms with Gasteiger partial charge in [0.1, 0.15) is 6.04 Å². The van der Waals surface area contributed by atoms with E-state index in [1.165, 1.54) is 6.07 Å². The van der Waals surface area contributed by atoms with Crippen molar-refractivity contribution in [2.75, 3.05) is 5.73 Å². The minimum absolute atomic E-state index is 0.105. The summed E-state index contributed by atoms with van der Waals surface area (Å²) in [4.78, 5) is 23.2. The number of hydrogen-bond acceptors (Lipinski definition) is 3. The van der Waals surface area contributed by atoms with Gasteiger partial charge in [0.25, 0.3) is 5.91 Å². The van der Waals surface area contributed by atoms with Crippen LogP contribution in [0.4, 0.5) is 5.69 Å². The summed E-state index contributed by atoms with van der Waals surface area (Å²) < 4.78 is 0. The van der Waals surface area contributed by atoms with E-state index < -0.39 is 17.9 Å². The standard InChI is InChI=1S/C12H16ClN3O2/c1-6(2)10(11(15)17)16-12(18)7-4-3-5-8(13)9(7)14/h3-6,10H,14H2,1-2H3,(H2,15,17)(H,16,18). The summed E-state index contributed by atoms with van der Waals surface area (Å²) >= 11 is 5.82. The van der Waals surface area contributed by atoms with Crippen molar-refractivity contribution in [2.24, 2.45) is 11.7 Å². The summed E-state index contributed by atoms with van der Waals surface area (Å²) in [7, 11) is 0. The van der Waals surface area contributed by atoms with Crippen molar-refractivity contribution >= 4 is 29.1 Å². The van der Waals surface area contributed by atoms with Gasteiger partial charge in [-0.3, -0.25) is 9.59 Å². The van der Waals surface area contributed by atoms with Crippen LogP contribution in [0.1, 0.15) is 24.2 Å². The van der Waals surface area contributed by atoms with Crippen molar-refractivity contribution < 1.29 is 9.59 Å². The maximum Gasteiger partial charge on any atom is 0.254 e. The predicted octanol–water partition coefficient (Wildman–Crippen LogP) is 1.16. The smallest absolute Gasteiger partial charge is 0.254 e. The van der Waals surface area contributed by atoms with Crippen LogP contribution < -0.4 is 16.8 Å².